The van der Waals surface area contributed by atoms with Gasteiger partial charge in [0.25, 0.3) is 5.91 Å². The van der Waals surface area contributed by atoms with Crippen molar-refractivity contribution in [3.05, 3.63) is 65.2 Å². The number of carbonyl (C=O) groups excluding carboxylic acids is 2. The molecular formula is C21H22N2O5S. The van der Waals surface area contributed by atoms with E-state index >= 15 is 0 Å². The normalized spacial score (nSPS) is 12.3. The molecule has 2 aromatic carbocycles. The molecule has 0 saturated carbocycles. The van der Waals surface area contributed by atoms with Crippen LogP contribution < -0.4 is 5.32 Å². The summed E-state index contributed by atoms with van der Waals surface area (Å²) in [5.41, 5.74) is 2.82. The van der Waals surface area contributed by atoms with E-state index in [9.17, 15) is 19.6 Å². The maximum Gasteiger partial charge on any atom is 0.304 e. The molecular weight excluding hydrogens is 392 g/mol. The largest absolute Gasteiger partial charge is 0.481 e. The van der Waals surface area contributed by atoms with Crippen LogP contribution in [0, 0.1) is 12.8 Å². The molecule has 0 aliphatic heterocycles. The topological polar surface area (TPSA) is 116 Å². The van der Waals surface area contributed by atoms with Gasteiger partial charge in [0.1, 0.15) is 0 Å². The maximum absolute atomic E-state index is 12.3. The number of carboxylic acids is 1. The smallest absolute Gasteiger partial charge is 0.304 e. The Hall–Kier alpha value is -3.13. The summed E-state index contributed by atoms with van der Waals surface area (Å²) in [6, 6.07) is 13.7. The average Bonchev–Trinajstić information content (AvgIpc) is 2.67. The van der Waals surface area contributed by atoms with Crippen LogP contribution in [-0.2, 0) is 9.59 Å². The Balaban J connectivity index is 2.14. The molecule has 1 amide bonds. The highest BCUT2D eigenvalue weighted by Gasteiger charge is 2.23. The Morgan fingerprint density at radius 1 is 1.03 bits per heavy atom. The minimum atomic E-state index is -1.05. The van der Waals surface area contributed by atoms with E-state index in [0.29, 0.717) is 16.8 Å². The highest BCUT2D eigenvalue weighted by atomic mass is 32.2. The molecule has 0 saturated heterocycles. The number of thioether (sulfide) groups is 1. The molecule has 0 spiro atoms. The zero-order valence-electron chi connectivity index (χ0n) is 16.1. The zero-order chi connectivity index (χ0) is 21.4. The SMILES string of the molecule is CC(=O)SCC(CC(=O)O)/C(=N\O)c1ccc(NC(=O)c2ccc(C)cc2)cc1. The summed E-state index contributed by atoms with van der Waals surface area (Å²) < 4.78 is 0. The Morgan fingerprint density at radius 2 is 1.62 bits per heavy atom. The molecule has 2 aromatic rings. The Bertz CT molecular complexity index is 908. The van der Waals surface area contributed by atoms with Crippen molar-refractivity contribution < 1.29 is 24.7 Å². The summed E-state index contributed by atoms with van der Waals surface area (Å²) in [6.45, 7) is 3.33. The fraction of sp³-hybridized carbons (Fsp3) is 0.238. The standard InChI is InChI=1S/C21H22N2O5S/c1-13-3-5-16(6-4-13)21(27)22-18-9-7-15(8-10-18)20(23-28)17(11-19(25)26)12-29-14(2)24/h3-10,17,28H,11-12H2,1-2H3,(H,22,27)(H,25,26)/b23-20-. The first-order chi connectivity index (χ1) is 13.8. The second-order valence-corrected chi connectivity index (χ2v) is 7.68. The maximum atomic E-state index is 12.3. The van der Waals surface area contributed by atoms with E-state index in [1.807, 2.05) is 19.1 Å². The van der Waals surface area contributed by atoms with E-state index in [-0.39, 0.29) is 28.9 Å². The van der Waals surface area contributed by atoms with Gasteiger partial charge in [-0.15, -0.1) is 0 Å². The van der Waals surface area contributed by atoms with Crippen molar-refractivity contribution >= 4 is 40.2 Å². The van der Waals surface area contributed by atoms with E-state index in [4.69, 9.17) is 5.11 Å². The Labute approximate surface area is 172 Å². The molecule has 152 valence electrons. The molecule has 1 atom stereocenters. The van der Waals surface area contributed by atoms with Crippen LogP contribution in [0.15, 0.2) is 53.7 Å². The second-order valence-electron chi connectivity index (χ2n) is 6.48. The zero-order valence-corrected chi connectivity index (χ0v) is 16.9. The Morgan fingerprint density at radius 3 is 2.14 bits per heavy atom. The summed E-state index contributed by atoms with van der Waals surface area (Å²) in [4.78, 5) is 34.7. The van der Waals surface area contributed by atoms with Crippen LogP contribution in [0.4, 0.5) is 5.69 Å². The van der Waals surface area contributed by atoms with Crippen molar-refractivity contribution in [2.45, 2.75) is 20.3 Å². The lowest BCUT2D eigenvalue weighted by atomic mass is 9.95. The fourth-order valence-electron chi connectivity index (χ4n) is 2.67. The lowest BCUT2D eigenvalue weighted by Gasteiger charge is -2.16. The number of aliphatic carboxylic acids is 1. The number of aryl methyl sites for hydroxylation is 1. The Kier molecular flexibility index (Phi) is 7.97. The molecule has 0 aromatic heterocycles. The number of rotatable bonds is 8. The van der Waals surface area contributed by atoms with E-state index in [0.717, 1.165) is 17.3 Å². The number of amides is 1. The van der Waals surface area contributed by atoms with E-state index in [1.54, 1.807) is 36.4 Å². The first-order valence-corrected chi connectivity index (χ1v) is 9.84. The van der Waals surface area contributed by atoms with Gasteiger partial charge < -0.3 is 15.6 Å². The first kappa shape index (κ1) is 22.2. The summed E-state index contributed by atoms with van der Waals surface area (Å²) >= 11 is 0.979. The van der Waals surface area contributed by atoms with Crippen molar-refractivity contribution in [1.29, 1.82) is 0 Å². The predicted octanol–water partition coefficient (Wildman–Crippen LogP) is 3.80. The molecule has 0 aliphatic rings. The van der Waals surface area contributed by atoms with E-state index < -0.39 is 11.9 Å². The highest BCUT2D eigenvalue weighted by molar-refractivity contribution is 8.13. The van der Waals surface area contributed by atoms with Gasteiger partial charge in [0, 0.05) is 29.8 Å². The molecule has 1 unspecified atom stereocenters. The monoisotopic (exact) mass is 414 g/mol. The van der Waals surface area contributed by atoms with Gasteiger partial charge in [-0.25, -0.2) is 0 Å². The number of hydrogen-bond donors (Lipinski definition) is 3. The van der Waals surface area contributed by atoms with Crippen molar-refractivity contribution in [1.82, 2.24) is 0 Å². The van der Waals surface area contributed by atoms with Crippen LogP contribution in [0.1, 0.15) is 34.8 Å². The number of nitrogens with one attached hydrogen (secondary N) is 1. The van der Waals surface area contributed by atoms with Gasteiger partial charge in [0.15, 0.2) is 5.12 Å². The van der Waals surface area contributed by atoms with Crippen molar-refractivity contribution in [2.75, 3.05) is 11.1 Å². The van der Waals surface area contributed by atoms with Crippen LogP contribution in [0.5, 0.6) is 0 Å². The van der Waals surface area contributed by atoms with Crippen LogP contribution in [0.2, 0.25) is 0 Å². The van der Waals surface area contributed by atoms with Crippen molar-refractivity contribution in [3.63, 3.8) is 0 Å². The molecule has 7 nitrogen and oxygen atoms in total. The third-order valence-corrected chi connectivity index (χ3v) is 5.13. The average molecular weight is 414 g/mol. The third-order valence-electron chi connectivity index (χ3n) is 4.16. The lowest BCUT2D eigenvalue weighted by Crippen LogP contribution is -2.22. The number of carbonyl (C=O) groups is 3. The molecule has 3 N–H and O–H groups in total. The molecule has 8 heteroatoms. The van der Waals surface area contributed by atoms with Gasteiger partial charge in [-0.3, -0.25) is 14.4 Å². The summed E-state index contributed by atoms with van der Waals surface area (Å²) in [6.07, 6.45) is -0.272. The second kappa shape index (κ2) is 10.4. The number of nitrogens with zero attached hydrogens (tertiary/aromatic N) is 1. The number of hydrogen-bond acceptors (Lipinski definition) is 6. The van der Waals surface area contributed by atoms with Gasteiger partial charge in [0.2, 0.25) is 0 Å². The van der Waals surface area contributed by atoms with Gasteiger partial charge in [-0.2, -0.15) is 0 Å². The van der Waals surface area contributed by atoms with Crippen molar-refractivity contribution in [2.24, 2.45) is 11.1 Å². The summed E-state index contributed by atoms with van der Waals surface area (Å²) in [5.74, 6) is -1.76. The third kappa shape index (κ3) is 6.76. The number of oxime groups is 1. The predicted molar refractivity (Wildman–Crippen MR) is 113 cm³/mol. The van der Waals surface area contributed by atoms with Crippen LogP contribution in [-0.4, -0.2) is 38.8 Å². The van der Waals surface area contributed by atoms with Gasteiger partial charge in [-0.1, -0.05) is 46.7 Å². The fourth-order valence-corrected chi connectivity index (χ4v) is 3.38. The lowest BCUT2D eigenvalue weighted by molar-refractivity contribution is -0.137. The summed E-state index contributed by atoms with van der Waals surface area (Å²) in [7, 11) is 0. The molecule has 2 rings (SSSR count). The molecule has 0 aliphatic carbocycles. The minimum absolute atomic E-state index is 0.146. The van der Waals surface area contributed by atoms with Gasteiger partial charge in [0.05, 0.1) is 12.1 Å². The van der Waals surface area contributed by atoms with Gasteiger partial charge >= 0.3 is 5.97 Å². The van der Waals surface area contributed by atoms with Crippen LogP contribution in [0.25, 0.3) is 0 Å². The molecule has 0 fully saturated rings. The minimum Gasteiger partial charge on any atom is -0.481 e. The molecule has 29 heavy (non-hydrogen) atoms. The number of anilines is 1. The molecule has 0 bridgehead atoms. The van der Waals surface area contributed by atoms with E-state index in [1.165, 1.54) is 6.92 Å². The quantitative estimate of drug-likeness (QED) is 0.344. The molecule has 0 heterocycles. The van der Waals surface area contributed by atoms with Crippen LogP contribution in [0.3, 0.4) is 0 Å². The van der Waals surface area contributed by atoms with Crippen molar-refractivity contribution in [3.8, 4) is 0 Å². The molecule has 0 radical (unpaired) electrons. The first-order valence-electron chi connectivity index (χ1n) is 8.85. The van der Waals surface area contributed by atoms with Gasteiger partial charge in [-0.05, 0) is 36.8 Å². The number of benzene rings is 2. The summed E-state index contributed by atoms with van der Waals surface area (Å²) in [5, 5.41) is 24.5. The van der Waals surface area contributed by atoms with E-state index in [2.05, 4.69) is 10.5 Å². The number of carboxylic acid groups (broad SMARTS) is 1. The highest BCUT2D eigenvalue weighted by Crippen LogP contribution is 2.21. The van der Waals surface area contributed by atoms with Crippen LogP contribution >= 0.6 is 11.8 Å².